The van der Waals surface area contributed by atoms with Gasteiger partial charge in [-0.05, 0) is 99.2 Å². The van der Waals surface area contributed by atoms with Crippen LogP contribution < -0.4 is 15.0 Å². The number of nitrogens with zero attached hydrogens (tertiary/aromatic N) is 4. The SMILES string of the molecule is COc1ccc(N(Cc2cccnc2)C2CCN([C@H](C)CCNC(=O)c3c(C)cc(C#N)cc3C)CC2)cc1. The van der Waals surface area contributed by atoms with Gasteiger partial charge in [-0.25, -0.2) is 0 Å². The standard InChI is InChI=1S/C32H39N5O2/c1-23-18-27(20-33)19-24(2)31(23)32(38)35-15-11-25(3)36-16-12-29(13-17-36)37(22-26-6-5-14-34-21-26)28-7-9-30(39-4)10-8-28/h5-10,14,18-19,21,25,29H,11-13,15-17,22H2,1-4H3,(H,35,38)/t25-/m1/s1. The van der Waals surface area contributed by atoms with Crippen molar-refractivity contribution in [1.29, 1.82) is 5.26 Å². The van der Waals surface area contributed by atoms with Gasteiger partial charge in [0.15, 0.2) is 0 Å². The first-order valence-electron chi connectivity index (χ1n) is 13.7. The molecule has 7 nitrogen and oxygen atoms in total. The minimum Gasteiger partial charge on any atom is -0.497 e. The van der Waals surface area contributed by atoms with Gasteiger partial charge in [0.25, 0.3) is 5.91 Å². The molecule has 0 bridgehead atoms. The van der Waals surface area contributed by atoms with Gasteiger partial charge in [-0.3, -0.25) is 9.78 Å². The minimum absolute atomic E-state index is 0.0640. The summed E-state index contributed by atoms with van der Waals surface area (Å²) >= 11 is 0. The number of aromatic nitrogens is 1. The first-order valence-corrected chi connectivity index (χ1v) is 13.7. The number of likely N-dealkylation sites (tertiary alicyclic amines) is 1. The number of methoxy groups -OCH3 is 1. The molecule has 4 rings (SSSR count). The molecule has 0 radical (unpaired) electrons. The molecule has 0 unspecified atom stereocenters. The van der Waals surface area contributed by atoms with Crippen LogP contribution in [0.5, 0.6) is 5.75 Å². The number of nitrogens with one attached hydrogen (secondary N) is 1. The molecule has 0 saturated carbocycles. The first kappa shape index (κ1) is 28.1. The smallest absolute Gasteiger partial charge is 0.251 e. The number of rotatable bonds is 10. The van der Waals surface area contributed by atoms with E-state index in [0.29, 0.717) is 29.8 Å². The lowest BCUT2D eigenvalue weighted by molar-refractivity contribution is 0.0944. The van der Waals surface area contributed by atoms with E-state index in [1.54, 1.807) is 19.2 Å². The van der Waals surface area contributed by atoms with Crippen molar-refractivity contribution >= 4 is 11.6 Å². The number of ether oxygens (including phenoxy) is 1. The van der Waals surface area contributed by atoms with Gasteiger partial charge in [-0.2, -0.15) is 5.26 Å². The van der Waals surface area contributed by atoms with Crippen molar-refractivity contribution in [2.75, 3.05) is 31.6 Å². The number of anilines is 1. The number of piperidine rings is 1. The maximum absolute atomic E-state index is 12.9. The predicted octanol–water partition coefficient (Wildman–Crippen LogP) is 5.26. The summed E-state index contributed by atoms with van der Waals surface area (Å²) < 4.78 is 5.37. The molecule has 3 aromatic rings. The normalized spacial score (nSPS) is 14.8. The van der Waals surface area contributed by atoms with Crippen molar-refractivity contribution < 1.29 is 9.53 Å². The van der Waals surface area contributed by atoms with Crippen molar-refractivity contribution in [3.8, 4) is 11.8 Å². The Bertz CT molecular complexity index is 1260. The van der Waals surface area contributed by atoms with Crippen LogP contribution in [0.4, 0.5) is 5.69 Å². The predicted molar refractivity (Wildman–Crippen MR) is 155 cm³/mol. The highest BCUT2D eigenvalue weighted by atomic mass is 16.5. The molecule has 1 aromatic heterocycles. The summed E-state index contributed by atoms with van der Waals surface area (Å²) in [6.07, 6.45) is 6.81. The average Bonchev–Trinajstić information content (AvgIpc) is 2.96. The van der Waals surface area contributed by atoms with Crippen LogP contribution in [0.2, 0.25) is 0 Å². The molecule has 1 aliphatic heterocycles. The molecule has 1 fully saturated rings. The molecule has 1 saturated heterocycles. The average molecular weight is 526 g/mol. The molecule has 204 valence electrons. The van der Waals surface area contributed by atoms with Crippen LogP contribution in [0.1, 0.15) is 58.8 Å². The van der Waals surface area contributed by atoms with E-state index >= 15 is 0 Å². The molecule has 1 atom stereocenters. The molecule has 39 heavy (non-hydrogen) atoms. The second kappa shape index (κ2) is 13.3. The topological polar surface area (TPSA) is 81.5 Å². The highest BCUT2D eigenvalue weighted by Crippen LogP contribution is 2.28. The Labute approximate surface area is 232 Å². The number of carbonyl (C=O) groups is 1. The lowest BCUT2D eigenvalue weighted by Gasteiger charge is -2.42. The summed E-state index contributed by atoms with van der Waals surface area (Å²) in [7, 11) is 1.69. The second-order valence-electron chi connectivity index (χ2n) is 10.4. The molecular weight excluding hydrogens is 486 g/mol. The third kappa shape index (κ3) is 7.15. The summed E-state index contributed by atoms with van der Waals surface area (Å²) in [5.74, 6) is 0.797. The second-order valence-corrected chi connectivity index (χ2v) is 10.4. The molecule has 1 aliphatic rings. The van der Waals surface area contributed by atoms with Gasteiger partial charge in [0, 0.05) is 61.9 Å². The molecule has 0 spiro atoms. The van der Waals surface area contributed by atoms with Gasteiger partial charge in [-0.1, -0.05) is 6.07 Å². The summed E-state index contributed by atoms with van der Waals surface area (Å²) in [6.45, 7) is 9.51. The quantitative estimate of drug-likeness (QED) is 0.389. The molecule has 7 heteroatoms. The Morgan fingerprint density at radius 2 is 1.87 bits per heavy atom. The third-order valence-electron chi connectivity index (χ3n) is 7.78. The van der Waals surface area contributed by atoms with E-state index < -0.39 is 0 Å². The summed E-state index contributed by atoms with van der Waals surface area (Å²) in [5, 5.41) is 12.3. The lowest BCUT2D eigenvalue weighted by atomic mass is 9.98. The van der Waals surface area contributed by atoms with E-state index in [9.17, 15) is 4.79 Å². The fourth-order valence-electron chi connectivity index (χ4n) is 5.58. The number of pyridine rings is 1. The van der Waals surface area contributed by atoms with E-state index in [4.69, 9.17) is 10.00 Å². The maximum atomic E-state index is 12.9. The minimum atomic E-state index is -0.0640. The number of nitriles is 1. The number of aryl methyl sites for hydroxylation is 2. The molecule has 0 aliphatic carbocycles. The largest absolute Gasteiger partial charge is 0.497 e. The van der Waals surface area contributed by atoms with Crippen molar-refractivity contribution in [3.05, 3.63) is 88.7 Å². The number of hydrogen-bond donors (Lipinski definition) is 1. The highest BCUT2D eigenvalue weighted by molar-refractivity contribution is 5.97. The maximum Gasteiger partial charge on any atom is 0.251 e. The van der Waals surface area contributed by atoms with Crippen LogP contribution in [-0.2, 0) is 6.54 Å². The Morgan fingerprint density at radius 1 is 1.18 bits per heavy atom. The Kier molecular flexibility index (Phi) is 9.56. The van der Waals surface area contributed by atoms with Gasteiger partial charge in [0.1, 0.15) is 5.75 Å². The number of benzene rings is 2. The van der Waals surface area contributed by atoms with Gasteiger partial charge in [-0.15, -0.1) is 0 Å². The van der Waals surface area contributed by atoms with Gasteiger partial charge in [0.2, 0.25) is 0 Å². The number of amides is 1. The van der Waals surface area contributed by atoms with Gasteiger partial charge in [0.05, 0.1) is 18.7 Å². The summed E-state index contributed by atoms with van der Waals surface area (Å²) in [5.41, 5.74) is 5.34. The first-order chi connectivity index (χ1) is 18.9. The van der Waals surface area contributed by atoms with Crippen molar-refractivity contribution in [3.63, 3.8) is 0 Å². The molecule has 2 heterocycles. The van der Waals surface area contributed by atoms with Crippen molar-refractivity contribution in [1.82, 2.24) is 15.2 Å². The van der Waals surface area contributed by atoms with Crippen LogP contribution in [0.3, 0.4) is 0 Å². The van der Waals surface area contributed by atoms with E-state index in [0.717, 1.165) is 55.8 Å². The van der Waals surface area contributed by atoms with E-state index in [1.165, 1.54) is 11.3 Å². The Morgan fingerprint density at radius 3 is 2.46 bits per heavy atom. The van der Waals surface area contributed by atoms with Gasteiger partial charge < -0.3 is 19.9 Å². The Hall–Kier alpha value is -3.89. The molecule has 1 amide bonds. The number of carbonyl (C=O) groups excluding carboxylic acids is 1. The molecular formula is C32H39N5O2. The summed E-state index contributed by atoms with van der Waals surface area (Å²) in [4.78, 5) is 22.2. The van der Waals surface area contributed by atoms with E-state index in [1.807, 2.05) is 44.4 Å². The third-order valence-corrected chi connectivity index (χ3v) is 7.78. The van der Waals surface area contributed by atoms with Crippen LogP contribution in [0.15, 0.2) is 60.9 Å². The van der Waals surface area contributed by atoms with Crippen molar-refractivity contribution in [2.24, 2.45) is 0 Å². The molecule has 2 aromatic carbocycles. The van der Waals surface area contributed by atoms with E-state index in [2.05, 4.69) is 51.3 Å². The van der Waals surface area contributed by atoms with Crippen LogP contribution in [0.25, 0.3) is 0 Å². The monoisotopic (exact) mass is 525 g/mol. The van der Waals surface area contributed by atoms with Crippen LogP contribution >= 0.6 is 0 Å². The Balaban J connectivity index is 1.32. The zero-order chi connectivity index (χ0) is 27.8. The zero-order valence-electron chi connectivity index (χ0n) is 23.5. The van der Waals surface area contributed by atoms with E-state index in [-0.39, 0.29) is 5.91 Å². The van der Waals surface area contributed by atoms with Crippen molar-refractivity contribution in [2.45, 2.75) is 58.7 Å². The van der Waals surface area contributed by atoms with Gasteiger partial charge >= 0.3 is 0 Å². The van der Waals surface area contributed by atoms with Crippen LogP contribution in [0, 0.1) is 25.2 Å². The summed E-state index contributed by atoms with van der Waals surface area (Å²) in [6, 6.07) is 19.0. The zero-order valence-corrected chi connectivity index (χ0v) is 23.5. The van der Waals surface area contributed by atoms with Crippen LogP contribution in [-0.4, -0.2) is 54.6 Å². The fraction of sp³-hybridized carbons (Fsp3) is 0.406. The fourth-order valence-corrected chi connectivity index (χ4v) is 5.58. The molecule has 1 N–H and O–H groups in total. The lowest BCUT2D eigenvalue weighted by Crippen LogP contribution is -2.48. The number of hydrogen-bond acceptors (Lipinski definition) is 6. The highest BCUT2D eigenvalue weighted by Gasteiger charge is 2.27.